The second kappa shape index (κ2) is 8.79. The molecular weight excluding hydrogens is 478 g/mol. The van der Waals surface area contributed by atoms with Gasteiger partial charge in [0, 0.05) is 17.0 Å². The van der Waals surface area contributed by atoms with Crippen molar-refractivity contribution in [1.82, 2.24) is 14.7 Å². The van der Waals surface area contributed by atoms with E-state index in [0.717, 1.165) is 4.90 Å². The Balaban J connectivity index is 1.74. The van der Waals surface area contributed by atoms with Crippen LogP contribution in [-0.2, 0) is 26.2 Å². The number of carbonyl (C=O) groups excluding carboxylic acids is 1. The molecule has 1 aliphatic heterocycles. The lowest BCUT2D eigenvalue weighted by Crippen LogP contribution is -2.39. The molecule has 1 amide bonds. The molecule has 0 fully saturated rings. The summed E-state index contributed by atoms with van der Waals surface area (Å²) in [4.78, 5) is 31.9. The van der Waals surface area contributed by atoms with Crippen molar-refractivity contribution in [2.24, 2.45) is 0 Å². The second-order valence-corrected chi connectivity index (χ2v) is 8.82. The van der Waals surface area contributed by atoms with Gasteiger partial charge in [0.1, 0.15) is 18.2 Å². The van der Waals surface area contributed by atoms with Gasteiger partial charge < -0.3 is 19.5 Å². The minimum atomic E-state index is -4.48. The van der Waals surface area contributed by atoms with Gasteiger partial charge in [0.15, 0.2) is 18.0 Å². The lowest BCUT2D eigenvalue weighted by Gasteiger charge is -2.30. The van der Waals surface area contributed by atoms with Gasteiger partial charge in [-0.3, -0.25) is 9.59 Å². The summed E-state index contributed by atoms with van der Waals surface area (Å²) in [5.74, 6) is -4.10. The Labute approximate surface area is 191 Å². The number of hydrogen-bond donors (Lipinski definition) is 2. The number of carboxylic acid groups (broad SMARTS) is 1. The number of carbonyl (C=O) groups is 2. The summed E-state index contributed by atoms with van der Waals surface area (Å²) in [6.45, 7) is -1.95. The van der Waals surface area contributed by atoms with Gasteiger partial charge in [-0.2, -0.15) is 9.71 Å². The molecule has 0 atom stereocenters. The first-order chi connectivity index (χ1) is 16.1. The summed E-state index contributed by atoms with van der Waals surface area (Å²) in [5, 5.41) is 9.00. The van der Waals surface area contributed by atoms with Crippen LogP contribution >= 0.6 is 0 Å². The van der Waals surface area contributed by atoms with Crippen LogP contribution in [0.25, 0.3) is 11.0 Å². The number of halogens is 2. The normalized spacial score (nSPS) is 13.5. The third-order valence-corrected chi connectivity index (χ3v) is 6.31. The summed E-state index contributed by atoms with van der Waals surface area (Å²) >= 11 is 0. The monoisotopic (exact) mass is 494 g/mol. The summed E-state index contributed by atoms with van der Waals surface area (Å²) in [6.07, 6.45) is 1.32. The van der Waals surface area contributed by atoms with Crippen LogP contribution in [0.15, 0.2) is 35.4 Å². The summed E-state index contributed by atoms with van der Waals surface area (Å²) in [5.41, 5.74) is -0.187. The van der Waals surface area contributed by atoms with Crippen molar-refractivity contribution in [1.29, 1.82) is 0 Å². The highest BCUT2D eigenvalue weighted by molar-refractivity contribution is 7.89. The van der Waals surface area contributed by atoms with Crippen LogP contribution in [-0.4, -0.2) is 55.6 Å². The Bertz CT molecular complexity index is 1410. The molecule has 0 bridgehead atoms. The number of nitrogens with one attached hydrogen (secondary N) is 1. The number of aliphatic carboxylic acids is 1. The quantitative estimate of drug-likeness (QED) is 0.494. The minimum absolute atomic E-state index is 0.190. The fourth-order valence-corrected chi connectivity index (χ4v) is 4.32. The van der Waals surface area contributed by atoms with Crippen LogP contribution in [0.3, 0.4) is 0 Å². The number of hydrogen-bond acceptors (Lipinski definition) is 8. The Morgan fingerprint density at radius 3 is 2.65 bits per heavy atom. The standard InChI is InChI=1S/C20H16F2N4O7S/c1-32-16-3-2-11-19-15(6-23-20(11)25-16)33-9-17(27)26(19)8-12-13(21)4-10(5-14(12)22)34(30,31)24-7-18(28)29/h2-6,24H,7-9H2,1H3,(H,28,29). The van der Waals surface area contributed by atoms with Crippen LogP contribution in [0.2, 0.25) is 0 Å². The number of nitrogens with zero attached hydrogens (tertiary/aromatic N) is 3. The molecule has 3 heterocycles. The number of carboxylic acids is 1. The second-order valence-electron chi connectivity index (χ2n) is 7.05. The van der Waals surface area contributed by atoms with Crippen LogP contribution in [0.5, 0.6) is 11.6 Å². The molecule has 3 aromatic rings. The zero-order valence-corrected chi connectivity index (χ0v) is 18.2. The number of anilines is 1. The molecule has 0 saturated carbocycles. The molecule has 14 heteroatoms. The van der Waals surface area contributed by atoms with E-state index in [-0.39, 0.29) is 23.0 Å². The number of sulfonamides is 1. The average Bonchev–Trinajstić information content (AvgIpc) is 2.80. The van der Waals surface area contributed by atoms with E-state index >= 15 is 0 Å². The van der Waals surface area contributed by atoms with Gasteiger partial charge in [-0.1, -0.05) is 0 Å². The highest BCUT2D eigenvalue weighted by Gasteiger charge is 2.31. The van der Waals surface area contributed by atoms with Crippen LogP contribution in [0, 0.1) is 11.6 Å². The van der Waals surface area contributed by atoms with E-state index in [0.29, 0.717) is 17.5 Å². The number of pyridine rings is 2. The molecule has 2 aromatic heterocycles. The van der Waals surface area contributed by atoms with E-state index in [2.05, 4.69) is 9.97 Å². The first kappa shape index (κ1) is 23.3. The fraction of sp³-hybridized carbons (Fsp3) is 0.200. The molecule has 4 rings (SSSR count). The molecule has 11 nitrogen and oxygen atoms in total. The third-order valence-electron chi connectivity index (χ3n) is 4.93. The van der Waals surface area contributed by atoms with Gasteiger partial charge in [0.05, 0.1) is 30.4 Å². The van der Waals surface area contributed by atoms with Crippen molar-refractivity contribution < 1.29 is 41.4 Å². The molecule has 1 aliphatic rings. The SMILES string of the molecule is COc1ccc2c3c(cnc2n1)OCC(=O)N3Cc1c(F)cc(S(=O)(=O)NCC(=O)O)cc1F. The van der Waals surface area contributed by atoms with Gasteiger partial charge in [0.25, 0.3) is 5.91 Å². The molecule has 0 unspecified atom stereocenters. The van der Waals surface area contributed by atoms with E-state index in [1.165, 1.54) is 19.4 Å². The Kier molecular flexibility index (Phi) is 6.01. The maximum atomic E-state index is 14.9. The fourth-order valence-electron chi connectivity index (χ4n) is 3.32. The number of methoxy groups -OCH3 is 1. The van der Waals surface area contributed by atoms with Gasteiger partial charge in [-0.05, 0) is 18.2 Å². The number of fused-ring (bicyclic) bond motifs is 3. The summed E-state index contributed by atoms with van der Waals surface area (Å²) in [7, 11) is -3.07. The van der Waals surface area contributed by atoms with Crippen LogP contribution in [0.1, 0.15) is 5.56 Å². The number of ether oxygens (including phenoxy) is 2. The van der Waals surface area contributed by atoms with Crippen LogP contribution < -0.4 is 19.1 Å². The molecule has 34 heavy (non-hydrogen) atoms. The number of aromatic nitrogens is 2. The van der Waals surface area contributed by atoms with Gasteiger partial charge in [0.2, 0.25) is 15.9 Å². The van der Waals surface area contributed by atoms with Crippen molar-refractivity contribution in [3.63, 3.8) is 0 Å². The number of amides is 1. The first-order valence-electron chi connectivity index (χ1n) is 9.57. The molecular formula is C20H16F2N4O7S. The van der Waals surface area contributed by atoms with Crippen molar-refractivity contribution in [2.45, 2.75) is 11.4 Å². The predicted octanol–water partition coefficient (Wildman–Crippen LogP) is 1.21. The van der Waals surface area contributed by atoms with E-state index in [1.54, 1.807) is 10.8 Å². The zero-order valence-electron chi connectivity index (χ0n) is 17.4. The molecule has 178 valence electrons. The van der Waals surface area contributed by atoms with Gasteiger partial charge in [-0.15, -0.1) is 0 Å². The van der Waals surface area contributed by atoms with Crippen molar-refractivity contribution in [3.05, 3.63) is 47.7 Å². The van der Waals surface area contributed by atoms with Crippen molar-refractivity contribution >= 4 is 38.6 Å². The summed E-state index contributed by atoms with van der Waals surface area (Å²) < 4.78 is 66.2. The topological polar surface area (TPSA) is 148 Å². The molecule has 2 N–H and O–H groups in total. The highest BCUT2D eigenvalue weighted by Crippen LogP contribution is 2.39. The number of benzene rings is 1. The Morgan fingerprint density at radius 2 is 2.00 bits per heavy atom. The average molecular weight is 494 g/mol. The minimum Gasteiger partial charge on any atom is -0.481 e. The van der Waals surface area contributed by atoms with E-state index in [1.807, 2.05) is 0 Å². The van der Waals surface area contributed by atoms with Gasteiger partial charge in [-0.25, -0.2) is 22.2 Å². The van der Waals surface area contributed by atoms with E-state index in [9.17, 15) is 26.8 Å². The lowest BCUT2D eigenvalue weighted by molar-refractivity contribution is -0.135. The van der Waals surface area contributed by atoms with Crippen molar-refractivity contribution in [3.8, 4) is 11.6 Å². The Hall–Kier alpha value is -3.91. The molecule has 0 aliphatic carbocycles. The van der Waals surface area contributed by atoms with Crippen LogP contribution in [0.4, 0.5) is 14.5 Å². The predicted molar refractivity (Wildman–Crippen MR) is 112 cm³/mol. The third kappa shape index (κ3) is 4.32. The molecule has 0 spiro atoms. The molecule has 1 aromatic carbocycles. The number of rotatable bonds is 7. The Morgan fingerprint density at radius 1 is 1.29 bits per heavy atom. The largest absolute Gasteiger partial charge is 0.481 e. The molecule has 0 saturated heterocycles. The maximum absolute atomic E-state index is 14.9. The summed E-state index contributed by atoms with van der Waals surface area (Å²) in [6, 6.07) is 4.18. The highest BCUT2D eigenvalue weighted by atomic mass is 32.2. The zero-order chi connectivity index (χ0) is 24.6. The van der Waals surface area contributed by atoms with Gasteiger partial charge >= 0.3 is 5.97 Å². The van der Waals surface area contributed by atoms with Crippen molar-refractivity contribution in [2.75, 3.05) is 25.2 Å². The van der Waals surface area contributed by atoms with E-state index in [4.69, 9.17) is 14.6 Å². The molecule has 0 radical (unpaired) electrons. The first-order valence-corrected chi connectivity index (χ1v) is 11.1. The lowest BCUT2D eigenvalue weighted by atomic mass is 10.1. The smallest absolute Gasteiger partial charge is 0.318 e. The maximum Gasteiger partial charge on any atom is 0.318 e. The van der Waals surface area contributed by atoms with E-state index < -0.39 is 63.7 Å².